The molecule has 1 heterocycles. The Morgan fingerprint density at radius 1 is 1.25 bits per heavy atom. The van der Waals surface area contributed by atoms with Crippen LogP contribution in [-0.2, 0) is 5.75 Å². The zero-order valence-corrected chi connectivity index (χ0v) is 10.5. The highest BCUT2D eigenvalue weighted by Gasteiger charge is 2.03. The van der Waals surface area contributed by atoms with Crippen molar-refractivity contribution in [1.29, 1.82) is 0 Å². The third-order valence-electron chi connectivity index (χ3n) is 2.67. The molecule has 0 spiro atoms. The van der Waals surface area contributed by atoms with Gasteiger partial charge in [0.1, 0.15) is 5.82 Å². The van der Waals surface area contributed by atoms with Gasteiger partial charge in [-0.1, -0.05) is 38.1 Å². The largest absolute Gasteiger partial charge is 0.341 e. The summed E-state index contributed by atoms with van der Waals surface area (Å²) >= 11 is 4.19. The van der Waals surface area contributed by atoms with Crippen LogP contribution in [0.2, 0.25) is 0 Å². The Balaban J connectivity index is 2.27. The molecule has 0 aliphatic carbocycles. The van der Waals surface area contributed by atoms with Gasteiger partial charge in [0.25, 0.3) is 0 Å². The van der Waals surface area contributed by atoms with Crippen molar-refractivity contribution in [2.75, 3.05) is 0 Å². The topological polar surface area (TPSA) is 28.7 Å². The predicted octanol–water partition coefficient (Wildman–Crippen LogP) is 3.63. The maximum atomic E-state index is 4.24. The first-order chi connectivity index (χ1) is 7.70. The minimum absolute atomic E-state index is 0.573. The molecule has 2 nitrogen and oxygen atoms in total. The number of imidazole rings is 1. The third kappa shape index (κ3) is 2.30. The summed E-state index contributed by atoms with van der Waals surface area (Å²) in [4.78, 5) is 7.48. The molecule has 0 bridgehead atoms. The maximum Gasteiger partial charge on any atom is 0.116 e. The molecule has 0 saturated heterocycles. The second-order valence-corrected chi connectivity index (χ2v) is 4.49. The standard InChI is InChI=1S/C13H16N2S/c1-9(2)10-3-5-11(6-4-10)12-7-14-13(8-16)15-12/h3-7,9,16H,8H2,1-2H3,(H,14,15). The fourth-order valence-electron chi connectivity index (χ4n) is 1.64. The van der Waals surface area contributed by atoms with E-state index in [0.29, 0.717) is 11.7 Å². The molecule has 84 valence electrons. The van der Waals surface area contributed by atoms with E-state index < -0.39 is 0 Å². The van der Waals surface area contributed by atoms with Gasteiger partial charge in [-0.25, -0.2) is 4.98 Å². The summed E-state index contributed by atoms with van der Waals surface area (Å²) in [5.41, 5.74) is 3.59. The lowest BCUT2D eigenvalue weighted by molar-refractivity contribution is 0.867. The summed E-state index contributed by atoms with van der Waals surface area (Å²) in [6, 6.07) is 8.60. The van der Waals surface area contributed by atoms with Crippen molar-refractivity contribution in [3.05, 3.63) is 41.9 Å². The number of hydrogen-bond donors (Lipinski definition) is 2. The fraction of sp³-hybridized carbons (Fsp3) is 0.308. The van der Waals surface area contributed by atoms with Crippen LogP contribution in [0.25, 0.3) is 11.3 Å². The van der Waals surface area contributed by atoms with Crippen molar-refractivity contribution >= 4 is 12.6 Å². The molecule has 0 saturated carbocycles. The fourth-order valence-corrected chi connectivity index (χ4v) is 1.80. The molecule has 0 atom stereocenters. The van der Waals surface area contributed by atoms with Gasteiger partial charge in [-0.2, -0.15) is 12.6 Å². The molecule has 16 heavy (non-hydrogen) atoms. The first kappa shape index (κ1) is 11.3. The molecule has 2 aromatic rings. The Hall–Kier alpha value is -1.22. The lowest BCUT2D eigenvalue weighted by Gasteiger charge is -2.05. The third-order valence-corrected chi connectivity index (χ3v) is 2.97. The monoisotopic (exact) mass is 232 g/mol. The van der Waals surface area contributed by atoms with E-state index in [-0.39, 0.29) is 0 Å². The van der Waals surface area contributed by atoms with Crippen LogP contribution in [0.5, 0.6) is 0 Å². The van der Waals surface area contributed by atoms with Crippen molar-refractivity contribution in [2.45, 2.75) is 25.5 Å². The number of rotatable bonds is 3. The van der Waals surface area contributed by atoms with Crippen molar-refractivity contribution in [1.82, 2.24) is 9.97 Å². The van der Waals surface area contributed by atoms with E-state index in [9.17, 15) is 0 Å². The summed E-state index contributed by atoms with van der Waals surface area (Å²) in [6.45, 7) is 4.40. The molecule has 2 rings (SSSR count). The van der Waals surface area contributed by atoms with Crippen LogP contribution < -0.4 is 0 Å². The molecule has 0 aliphatic rings. The van der Waals surface area contributed by atoms with E-state index in [1.807, 2.05) is 6.20 Å². The molecular weight excluding hydrogens is 216 g/mol. The molecule has 1 N–H and O–H groups in total. The average molecular weight is 232 g/mol. The molecule has 3 heteroatoms. The van der Waals surface area contributed by atoms with Crippen LogP contribution in [-0.4, -0.2) is 9.97 Å². The highest BCUT2D eigenvalue weighted by molar-refractivity contribution is 7.79. The number of nitrogens with one attached hydrogen (secondary N) is 1. The molecule has 0 radical (unpaired) electrons. The van der Waals surface area contributed by atoms with E-state index in [4.69, 9.17) is 0 Å². The highest BCUT2D eigenvalue weighted by Crippen LogP contribution is 2.21. The van der Waals surface area contributed by atoms with Crippen molar-refractivity contribution < 1.29 is 0 Å². The Morgan fingerprint density at radius 3 is 2.44 bits per heavy atom. The van der Waals surface area contributed by atoms with Gasteiger partial charge in [-0.15, -0.1) is 0 Å². The molecule has 0 unspecified atom stereocenters. The zero-order chi connectivity index (χ0) is 11.5. The van der Waals surface area contributed by atoms with Crippen molar-refractivity contribution in [3.8, 4) is 11.3 Å². The van der Waals surface area contributed by atoms with Crippen LogP contribution in [0, 0.1) is 0 Å². The van der Waals surface area contributed by atoms with E-state index in [1.54, 1.807) is 0 Å². The van der Waals surface area contributed by atoms with Gasteiger partial charge >= 0.3 is 0 Å². The summed E-state index contributed by atoms with van der Waals surface area (Å²) in [5.74, 6) is 2.12. The van der Waals surface area contributed by atoms with Crippen LogP contribution in [0.4, 0.5) is 0 Å². The quantitative estimate of drug-likeness (QED) is 0.777. The number of thiol groups is 1. The van der Waals surface area contributed by atoms with Gasteiger partial charge in [0, 0.05) is 5.75 Å². The van der Waals surface area contributed by atoms with Crippen molar-refractivity contribution in [2.24, 2.45) is 0 Å². The summed E-state index contributed by atoms with van der Waals surface area (Å²) in [6.07, 6.45) is 1.86. The van der Waals surface area contributed by atoms with Gasteiger partial charge in [0.2, 0.25) is 0 Å². The van der Waals surface area contributed by atoms with E-state index in [0.717, 1.165) is 11.5 Å². The van der Waals surface area contributed by atoms with Gasteiger partial charge in [0.15, 0.2) is 0 Å². The van der Waals surface area contributed by atoms with E-state index in [1.165, 1.54) is 11.1 Å². The number of aromatic amines is 1. The smallest absolute Gasteiger partial charge is 0.116 e. The maximum absolute atomic E-state index is 4.24. The van der Waals surface area contributed by atoms with Crippen LogP contribution in [0.3, 0.4) is 0 Å². The molecule has 0 fully saturated rings. The Morgan fingerprint density at radius 2 is 1.94 bits per heavy atom. The highest BCUT2D eigenvalue weighted by atomic mass is 32.1. The molecule has 1 aromatic carbocycles. The van der Waals surface area contributed by atoms with Crippen LogP contribution in [0.1, 0.15) is 31.2 Å². The van der Waals surface area contributed by atoms with Crippen LogP contribution >= 0.6 is 12.6 Å². The molecule has 0 aliphatic heterocycles. The normalized spacial score (nSPS) is 11.0. The summed E-state index contributed by atoms with van der Waals surface area (Å²) < 4.78 is 0. The first-order valence-corrected chi connectivity index (χ1v) is 6.09. The minimum Gasteiger partial charge on any atom is -0.341 e. The first-order valence-electron chi connectivity index (χ1n) is 5.46. The predicted molar refractivity (Wildman–Crippen MR) is 70.8 cm³/mol. The average Bonchev–Trinajstić information content (AvgIpc) is 2.77. The summed E-state index contributed by atoms with van der Waals surface area (Å²) in [5, 5.41) is 0. The Bertz CT molecular complexity index is 457. The molecular formula is C13H16N2S. The van der Waals surface area contributed by atoms with Gasteiger partial charge in [0.05, 0.1) is 11.9 Å². The van der Waals surface area contributed by atoms with E-state index >= 15 is 0 Å². The lowest BCUT2D eigenvalue weighted by atomic mass is 10.0. The van der Waals surface area contributed by atoms with Crippen molar-refractivity contribution in [3.63, 3.8) is 0 Å². The van der Waals surface area contributed by atoms with Crippen LogP contribution in [0.15, 0.2) is 30.5 Å². The van der Waals surface area contributed by atoms with Gasteiger partial charge in [-0.3, -0.25) is 0 Å². The second kappa shape index (κ2) is 4.74. The number of aromatic nitrogens is 2. The van der Waals surface area contributed by atoms with E-state index in [2.05, 4.69) is 60.7 Å². The zero-order valence-electron chi connectivity index (χ0n) is 9.57. The number of hydrogen-bond acceptors (Lipinski definition) is 2. The molecule has 0 amide bonds. The van der Waals surface area contributed by atoms with Gasteiger partial charge in [-0.05, 0) is 17.0 Å². The second-order valence-electron chi connectivity index (χ2n) is 4.18. The SMILES string of the molecule is CC(C)c1ccc(-c2cnc(CS)[nH]2)cc1. The minimum atomic E-state index is 0.573. The summed E-state index contributed by atoms with van der Waals surface area (Å²) in [7, 11) is 0. The Kier molecular flexibility index (Phi) is 3.34. The molecule has 1 aromatic heterocycles. The number of benzene rings is 1. The number of H-pyrrole nitrogens is 1. The van der Waals surface area contributed by atoms with Gasteiger partial charge < -0.3 is 4.98 Å². The lowest BCUT2D eigenvalue weighted by Crippen LogP contribution is -1.87. The Labute approximate surface area is 102 Å². The number of nitrogens with zero attached hydrogens (tertiary/aromatic N) is 1.